The number of benzene rings is 2. The number of hydrogen-bond acceptors (Lipinski definition) is 3. The van der Waals surface area contributed by atoms with Crippen molar-refractivity contribution < 1.29 is 17.9 Å². The van der Waals surface area contributed by atoms with Crippen LogP contribution in [0.1, 0.15) is 37.0 Å². The van der Waals surface area contributed by atoms with Crippen molar-refractivity contribution in [2.45, 2.75) is 30.8 Å². The van der Waals surface area contributed by atoms with Crippen LogP contribution in [0, 0.1) is 5.82 Å². The van der Waals surface area contributed by atoms with Crippen molar-refractivity contribution in [3.05, 3.63) is 65.5 Å². The van der Waals surface area contributed by atoms with Gasteiger partial charge in [0, 0.05) is 6.54 Å². The van der Waals surface area contributed by atoms with E-state index in [1.165, 1.54) is 30.3 Å². The Morgan fingerprint density at radius 2 is 1.74 bits per heavy atom. The molecule has 0 aliphatic rings. The second-order valence-corrected chi connectivity index (χ2v) is 7.41. The van der Waals surface area contributed by atoms with E-state index >= 15 is 0 Å². The van der Waals surface area contributed by atoms with Crippen molar-refractivity contribution in [3.8, 4) is 0 Å². The summed E-state index contributed by atoms with van der Waals surface area (Å²) in [5.41, 5.74) is 1.37. The van der Waals surface area contributed by atoms with Gasteiger partial charge in [-0.2, -0.15) is 0 Å². The van der Waals surface area contributed by atoms with E-state index in [9.17, 15) is 17.9 Å². The van der Waals surface area contributed by atoms with Crippen LogP contribution in [0.4, 0.5) is 4.39 Å². The molecule has 1 unspecified atom stereocenters. The van der Waals surface area contributed by atoms with Gasteiger partial charge >= 0.3 is 0 Å². The van der Waals surface area contributed by atoms with Gasteiger partial charge in [0.2, 0.25) is 10.0 Å². The minimum Gasteiger partial charge on any atom is -0.387 e. The maximum absolute atomic E-state index is 12.9. The lowest BCUT2D eigenvalue weighted by atomic mass is 10.0. The van der Waals surface area contributed by atoms with Crippen molar-refractivity contribution >= 4 is 10.0 Å². The van der Waals surface area contributed by atoms with Gasteiger partial charge in [-0.1, -0.05) is 38.1 Å². The minimum absolute atomic E-state index is 0.162. The van der Waals surface area contributed by atoms with E-state index in [2.05, 4.69) is 4.72 Å². The van der Waals surface area contributed by atoms with Gasteiger partial charge in [0.15, 0.2) is 0 Å². The summed E-state index contributed by atoms with van der Waals surface area (Å²) in [4.78, 5) is 0.162. The zero-order valence-corrected chi connectivity index (χ0v) is 13.8. The highest BCUT2D eigenvalue weighted by Crippen LogP contribution is 2.19. The zero-order chi connectivity index (χ0) is 17.0. The average Bonchev–Trinajstić information content (AvgIpc) is 2.53. The van der Waals surface area contributed by atoms with Crippen LogP contribution < -0.4 is 4.72 Å². The van der Waals surface area contributed by atoms with Crippen LogP contribution in [0.25, 0.3) is 0 Å². The molecule has 2 N–H and O–H groups in total. The molecule has 0 fully saturated rings. The Bertz CT molecular complexity index is 758. The smallest absolute Gasteiger partial charge is 0.240 e. The van der Waals surface area contributed by atoms with E-state index in [-0.39, 0.29) is 17.4 Å². The summed E-state index contributed by atoms with van der Waals surface area (Å²) < 4.78 is 39.9. The molecule has 0 saturated carbocycles. The van der Waals surface area contributed by atoms with Gasteiger partial charge in [0.05, 0.1) is 11.0 Å². The SMILES string of the molecule is CC(C)c1cccc(S(=O)(=O)NCC(O)c2ccc(F)cc2)c1. The summed E-state index contributed by atoms with van der Waals surface area (Å²) in [6.07, 6.45) is -1.04. The molecular formula is C17H20FNO3S. The summed E-state index contributed by atoms with van der Waals surface area (Å²) in [5.74, 6) is -0.193. The summed E-state index contributed by atoms with van der Waals surface area (Å²) in [6, 6.07) is 12.0. The van der Waals surface area contributed by atoms with E-state index in [0.29, 0.717) is 5.56 Å². The predicted octanol–water partition coefficient (Wildman–Crippen LogP) is 2.96. The molecule has 2 aromatic carbocycles. The third-order valence-electron chi connectivity index (χ3n) is 3.56. The predicted molar refractivity (Wildman–Crippen MR) is 87.1 cm³/mol. The Morgan fingerprint density at radius 3 is 2.35 bits per heavy atom. The summed E-state index contributed by atoms with van der Waals surface area (Å²) in [6.45, 7) is 3.79. The third kappa shape index (κ3) is 4.60. The lowest BCUT2D eigenvalue weighted by molar-refractivity contribution is 0.182. The molecule has 0 saturated heterocycles. The fourth-order valence-electron chi connectivity index (χ4n) is 2.12. The third-order valence-corrected chi connectivity index (χ3v) is 4.98. The first-order chi connectivity index (χ1) is 10.8. The van der Waals surface area contributed by atoms with E-state index in [4.69, 9.17) is 0 Å². The van der Waals surface area contributed by atoms with Gasteiger partial charge in [0.25, 0.3) is 0 Å². The van der Waals surface area contributed by atoms with Crippen LogP contribution >= 0.6 is 0 Å². The van der Waals surface area contributed by atoms with Gasteiger partial charge in [-0.25, -0.2) is 17.5 Å². The summed E-state index contributed by atoms with van der Waals surface area (Å²) in [7, 11) is -3.71. The average molecular weight is 337 g/mol. The summed E-state index contributed by atoms with van der Waals surface area (Å²) in [5, 5.41) is 10.0. The van der Waals surface area contributed by atoms with Gasteiger partial charge in [0.1, 0.15) is 5.82 Å². The van der Waals surface area contributed by atoms with Gasteiger partial charge in [-0.05, 0) is 41.3 Å². The number of aliphatic hydroxyl groups excluding tert-OH is 1. The maximum atomic E-state index is 12.9. The van der Waals surface area contributed by atoms with Crippen molar-refractivity contribution in [3.63, 3.8) is 0 Å². The number of sulfonamides is 1. The van der Waals surface area contributed by atoms with Crippen molar-refractivity contribution in [2.24, 2.45) is 0 Å². The molecule has 1 atom stereocenters. The molecule has 2 rings (SSSR count). The van der Waals surface area contributed by atoms with Crippen LogP contribution in [0.3, 0.4) is 0 Å². The van der Waals surface area contributed by atoms with Gasteiger partial charge < -0.3 is 5.11 Å². The molecule has 0 spiro atoms. The van der Waals surface area contributed by atoms with Crippen LogP contribution in [0.2, 0.25) is 0 Å². The molecule has 23 heavy (non-hydrogen) atoms. The van der Waals surface area contributed by atoms with Crippen LogP contribution in [0.5, 0.6) is 0 Å². The largest absolute Gasteiger partial charge is 0.387 e. The monoisotopic (exact) mass is 337 g/mol. The highest BCUT2D eigenvalue weighted by molar-refractivity contribution is 7.89. The second kappa shape index (κ2) is 7.21. The molecular weight excluding hydrogens is 317 g/mol. The first-order valence-electron chi connectivity index (χ1n) is 7.33. The number of rotatable bonds is 6. The molecule has 0 aromatic heterocycles. The molecule has 0 aliphatic carbocycles. The number of halogens is 1. The normalized spacial score (nSPS) is 13.3. The second-order valence-electron chi connectivity index (χ2n) is 5.65. The number of nitrogens with one attached hydrogen (secondary N) is 1. The lowest BCUT2D eigenvalue weighted by Gasteiger charge is -2.14. The highest BCUT2D eigenvalue weighted by Gasteiger charge is 2.17. The molecule has 0 bridgehead atoms. The molecule has 2 aromatic rings. The quantitative estimate of drug-likeness (QED) is 0.852. The minimum atomic E-state index is -3.71. The standard InChI is InChI=1S/C17H20FNO3S/c1-12(2)14-4-3-5-16(10-14)23(21,22)19-11-17(20)13-6-8-15(18)9-7-13/h3-10,12,17,19-20H,11H2,1-2H3. The van der Waals surface area contributed by atoms with Crippen molar-refractivity contribution in [1.82, 2.24) is 4.72 Å². The first kappa shape index (κ1) is 17.6. The summed E-state index contributed by atoms with van der Waals surface area (Å²) >= 11 is 0. The molecule has 0 amide bonds. The molecule has 124 valence electrons. The van der Waals surface area contributed by atoms with Crippen LogP contribution in [0.15, 0.2) is 53.4 Å². The van der Waals surface area contributed by atoms with Gasteiger partial charge in [-0.3, -0.25) is 0 Å². The Hall–Kier alpha value is -1.76. The first-order valence-corrected chi connectivity index (χ1v) is 8.81. The fraction of sp³-hybridized carbons (Fsp3) is 0.294. The van der Waals surface area contributed by atoms with Crippen LogP contribution in [-0.2, 0) is 10.0 Å². The molecule has 0 heterocycles. The maximum Gasteiger partial charge on any atom is 0.240 e. The Kier molecular flexibility index (Phi) is 5.51. The molecule has 0 aliphatic heterocycles. The van der Waals surface area contributed by atoms with Gasteiger partial charge in [-0.15, -0.1) is 0 Å². The van der Waals surface area contributed by atoms with E-state index in [0.717, 1.165) is 5.56 Å². The fourth-order valence-corrected chi connectivity index (χ4v) is 3.21. The lowest BCUT2D eigenvalue weighted by Crippen LogP contribution is -2.28. The Labute approximate surface area is 136 Å². The van der Waals surface area contributed by atoms with E-state index < -0.39 is 21.9 Å². The molecule has 0 radical (unpaired) electrons. The number of aliphatic hydroxyl groups is 1. The van der Waals surface area contributed by atoms with Crippen molar-refractivity contribution in [2.75, 3.05) is 6.54 Å². The van der Waals surface area contributed by atoms with Crippen molar-refractivity contribution in [1.29, 1.82) is 0 Å². The zero-order valence-electron chi connectivity index (χ0n) is 13.0. The Balaban J connectivity index is 2.09. The number of hydrogen-bond donors (Lipinski definition) is 2. The molecule has 4 nitrogen and oxygen atoms in total. The topological polar surface area (TPSA) is 66.4 Å². The Morgan fingerprint density at radius 1 is 1.09 bits per heavy atom. The molecule has 6 heteroatoms. The van der Waals surface area contributed by atoms with E-state index in [1.807, 2.05) is 19.9 Å². The van der Waals surface area contributed by atoms with Crippen LogP contribution in [-0.4, -0.2) is 20.1 Å². The van der Waals surface area contributed by atoms with E-state index in [1.54, 1.807) is 12.1 Å². The highest BCUT2D eigenvalue weighted by atomic mass is 32.2.